The molecule has 0 aromatic carbocycles. The number of hydrogen-bond donors (Lipinski definition) is 1. The maximum absolute atomic E-state index is 5.82. The lowest BCUT2D eigenvalue weighted by atomic mass is 9.96. The Labute approximate surface area is 102 Å². The molecular formula is C13H20N2O2. The second-order valence-electron chi connectivity index (χ2n) is 4.92. The van der Waals surface area contributed by atoms with Crippen LogP contribution in [0.25, 0.3) is 0 Å². The molecule has 0 bridgehead atoms. The Balaban J connectivity index is 1.88. The third kappa shape index (κ3) is 2.14. The van der Waals surface area contributed by atoms with E-state index in [1.165, 1.54) is 5.70 Å². The molecule has 2 saturated heterocycles. The molecule has 2 aliphatic heterocycles. The van der Waals surface area contributed by atoms with Crippen LogP contribution in [-0.2, 0) is 9.47 Å². The summed E-state index contributed by atoms with van der Waals surface area (Å²) in [6, 6.07) is 0. The second kappa shape index (κ2) is 4.61. The Bertz CT molecular complexity index is 356. The molecule has 3 aliphatic rings. The molecule has 0 spiro atoms. The van der Waals surface area contributed by atoms with Gasteiger partial charge in [0.05, 0.1) is 5.70 Å². The van der Waals surface area contributed by atoms with Gasteiger partial charge in [0, 0.05) is 26.2 Å². The van der Waals surface area contributed by atoms with Crippen molar-refractivity contribution in [2.45, 2.75) is 13.3 Å². The van der Waals surface area contributed by atoms with E-state index in [9.17, 15) is 0 Å². The van der Waals surface area contributed by atoms with Crippen LogP contribution >= 0.6 is 0 Å². The number of allylic oxidation sites excluding steroid dienone is 2. The normalized spacial score (nSPS) is 29.1. The molecule has 4 heteroatoms. The molecule has 2 fully saturated rings. The van der Waals surface area contributed by atoms with Crippen molar-refractivity contribution in [2.24, 2.45) is 5.92 Å². The number of nitrogens with one attached hydrogen (secondary N) is 1. The number of hydrogen-bond acceptors (Lipinski definition) is 4. The van der Waals surface area contributed by atoms with E-state index in [2.05, 4.69) is 23.2 Å². The molecule has 1 N–H and O–H groups in total. The van der Waals surface area contributed by atoms with Crippen LogP contribution in [0.4, 0.5) is 0 Å². The fraction of sp³-hybridized carbons (Fsp3) is 0.692. The first kappa shape index (κ1) is 11.0. The van der Waals surface area contributed by atoms with Crippen molar-refractivity contribution in [3.63, 3.8) is 0 Å². The average molecular weight is 236 g/mol. The van der Waals surface area contributed by atoms with Gasteiger partial charge in [-0.15, -0.1) is 0 Å². The van der Waals surface area contributed by atoms with E-state index < -0.39 is 0 Å². The fourth-order valence-electron chi connectivity index (χ4n) is 2.70. The zero-order valence-electron chi connectivity index (χ0n) is 10.4. The summed E-state index contributed by atoms with van der Waals surface area (Å²) < 4.78 is 11.5. The number of ether oxygens (including phenoxy) is 2. The van der Waals surface area contributed by atoms with Gasteiger partial charge in [0.2, 0.25) is 0 Å². The van der Waals surface area contributed by atoms with Crippen molar-refractivity contribution in [1.29, 1.82) is 0 Å². The van der Waals surface area contributed by atoms with Gasteiger partial charge in [0.15, 0.2) is 11.5 Å². The minimum atomic E-state index is 0.542. The van der Waals surface area contributed by atoms with E-state index >= 15 is 0 Å². The summed E-state index contributed by atoms with van der Waals surface area (Å²) in [5.41, 5.74) is 1.34. The highest BCUT2D eigenvalue weighted by molar-refractivity contribution is 5.32. The third-order valence-corrected chi connectivity index (χ3v) is 3.52. The highest BCUT2D eigenvalue weighted by Gasteiger charge is 2.29. The molecule has 1 aliphatic carbocycles. The van der Waals surface area contributed by atoms with Crippen LogP contribution in [0.5, 0.6) is 0 Å². The molecule has 1 atom stereocenters. The zero-order valence-corrected chi connectivity index (χ0v) is 10.4. The van der Waals surface area contributed by atoms with Crippen LogP contribution in [0.3, 0.4) is 0 Å². The maximum Gasteiger partial charge on any atom is 0.180 e. The van der Waals surface area contributed by atoms with Crippen LogP contribution in [0, 0.1) is 5.92 Å². The smallest absolute Gasteiger partial charge is 0.180 e. The number of piperazine rings is 1. The predicted molar refractivity (Wildman–Crippen MR) is 65.2 cm³/mol. The minimum absolute atomic E-state index is 0.542. The van der Waals surface area contributed by atoms with E-state index in [4.69, 9.17) is 9.47 Å². The third-order valence-electron chi connectivity index (χ3n) is 3.52. The predicted octanol–water partition coefficient (Wildman–Crippen LogP) is 1.07. The molecule has 0 amide bonds. The standard InChI is InChI=1S/C13H20N2O2/c1-10-8-11(15-4-2-14-3-5-15)13-12(9-10)16-6-7-17-13/h9-10,14H,2-8H2,1H3. The second-order valence-corrected chi connectivity index (χ2v) is 4.92. The van der Waals surface area contributed by atoms with E-state index in [0.29, 0.717) is 19.1 Å². The van der Waals surface area contributed by atoms with Crippen LogP contribution in [0.2, 0.25) is 0 Å². The molecule has 0 aromatic rings. The molecule has 17 heavy (non-hydrogen) atoms. The summed E-state index contributed by atoms with van der Waals surface area (Å²) in [4.78, 5) is 2.45. The summed E-state index contributed by atoms with van der Waals surface area (Å²) >= 11 is 0. The first-order valence-electron chi connectivity index (χ1n) is 6.51. The molecule has 94 valence electrons. The van der Waals surface area contributed by atoms with Gasteiger partial charge in [0.25, 0.3) is 0 Å². The molecule has 0 saturated carbocycles. The molecule has 3 rings (SSSR count). The minimum Gasteiger partial charge on any atom is -0.486 e. The quantitative estimate of drug-likeness (QED) is 0.738. The van der Waals surface area contributed by atoms with Gasteiger partial charge < -0.3 is 19.7 Å². The van der Waals surface area contributed by atoms with Crippen LogP contribution in [0.1, 0.15) is 13.3 Å². The fourth-order valence-corrected chi connectivity index (χ4v) is 2.70. The van der Waals surface area contributed by atoms with Crippen LogP contribution in [-0.4, -0.2) is 44.3 Å². The summed E-state index contributed by atoms with van der Waals surface area (Å²) in [7, 11) is 0. The average Bonchev–Trinajstić information content (AvgIpc) is 2.39. The highest BCUT2D eigenvalue weighted by atomic mass is 16.6. The van der Waals surface area contributed by atoms with E-state index in [1.807, 2.05) is 0 Å². The Kier molecular flexibility index (Phi) is 2.97. The maximum atomic E-state index is 5.82. The Morgan fingerprint density at radius 2 is 2.00 bits per heavy atom. The number of fused-ring (bicyclic) bond motifs is 1. The van der Waals surface area contributed by atoms with Crippen molar-refractivity contribution in [3.8, 4) is 0 Å². The van der Waals surface area contributed by atoms with Crippen LogP contribution in [0.15, 0.2) is 23.3 Å². The van der Waals surface area contributed by atoms with Gasteiger partial charge >= 0.3 is 0 Å². The van der Waals surface area contributed by atoms with Crippen LogP contribution < -0.4 is 5.32 Å². The summed E-state index contributed by atoms with van der Waals surface area (Å²) in [5.74, 6) is 2.50. The van der Waals surface area contributed by atoms with Crippen molar-refractivity contribution in [2.75, 3.05) is 39.4 Å². The highest BCUT2D eigenvalue weighted by Crippen LogP contribution is 2.34. The largest absolute Gasteiger partial charge is 0.486 e. The molecule has 1 unspecified atom stereocenters. The summed E-state index contributed by atoms with van der Waals surface area (Å²) in [5, 5.41) is 3.39. The lowest BCUT2D eigenvalue weighted by molar-refractivity contribution is 0.0471. The summed E-state index contributed by atoms with van der Waals surface area (Å²) in [6.45, 7) is 7.86. The lowest BCUT2D eigenvalue weighted by Crippen LogP contribution is -2.44. The lowest BCUT2D eigenvalue weighted by Gasteiger charge is -2.37. The Hall–Kier alpha value is -1.16. The van der Waals surface area contributed by atoms with E-state index in [0.717, 1.165) is 44.1 Å². The van der Waals surface area contributed by atoms with Gasteiger partial charge in [-0.1, -0.05) is 6.92 Å². The Morgan fingerprint density at radius 1 is 1.24 bits per heavy atom. The SMILES string of the molecule is CC1C=C2OCCOC2=C(N2CCNCC2)C1. The van der Waals surface area contributed by atoms with Crippen molar-refractivity contribution < 1.29 is 9.47 Å². The van der Waals surface area contributed by atoms with E-state index in [-0.39, 0.29) is 0 Å². The van der Waals surface area contributed by atoms with Crippen molar-refractivity contribution in [3.05, 3.63) is 23.3 Å². The number of nitrogens with zero attached hydrogens (tertiary/aromatic N) is 1. The van der Waals surface area contributed by atoms with Crippen molar-refractivity contribution >= 4 is 0 Å². The number of rotatable bonds is 1. The summed E-state index contributed by atoms with van der Waals surface area (Å²) in [6.07, 6.45) is 3.27. The molecule has 2 heterocycles. The zero-order chi connectivity index (χ0) is 11.7. The van der Waals surface area contributed by atoms with Gasteiger partial charge in [-0.05, 0) is 18.4 Å². The van der Waals surface area contributed by atoms with Gasteiger partial charge in [-0.3, -0.25) is 0 Å². The van der Waals surface area contributed by atoms with Gasteiger partial charge in [-0.25, -0.2) is 0 Å². The van der Waals surface area contributed by atoms with Gasteiger partial charge in [0.1, 0.15) is 13.2 Å². The molecular weight excluding hydrogens is 216 g/mol. The molecule has 4 nitrogen and oxygen atoms in total. The topological polar surface area (TPSA) is 33.7 Å². The molecule has 0 radical (unpaired) electrons. The van der Waals surface area contributed by atoms with Crippen molar-refractivity contribution in [1.82, 2.24) is 10.2 Å². The Morgan fingerprint density at radius 3 is 2.82 bits per heavy atom. The first-order valence-corrected chi connectivity index (χ1v) is 6.51. The monoisotopic (exact) mass is 236 g/mol. The first-order chi connectivity index (χ1) is 8.34. The van der Waals surface area contributed by atoms with Gasteiger partial charge in [-0.2, -0.15) is 0 Å². The molecule has 0 aromatic heterocycles. The van der Waals surface area contributed by atoms with E-state index in [1.54, 1.807) is 0 Å².